The molecular weight excluding hydrogens is 1010 g/mol. The smallest absolute Gasteiger partial charge is 0.249 e. The molecule has 10 rings (SSSR count). The van der Waals surface area contributed by atoms with Gasteiger partial charge in [-0.3, -0.25) is 29.2 Å². The first kappa shape index (κ1) is 53.3. The largest absolute Gasteiger partial charge is 0.488 e. The number of ether oxygens (including phenoxy) is 2. The number of nitrogens with one attached hydrogen (secondary N) is 2. The Hall–Kier alpha value is -6.08. The zero-order valence-corrected chi connectivity index (χ0v) is 43.5. The molecule has 4 fully saturated rings. The lowest BCUT2D eigenvalue weighted by molar-refractivity contribution is -0.138. The zero-order valence-electron chi connectivity index (χ0n) is 42.7. The van der Waals surface area contributed by atoms with Crippen molar-refractivity contribution in [2.24, 2.45) is 24.6 Å². The highest BCUT2D eigenvalue weighted by molar-refractivity contribution is 6.34. The van der Waals surface area contributed by atoms with Crippen LogP contribution in [0.15, 0.2) is 54.6 Å². The molecular formula is C57H64ClF4N7O7. The number of nitrogens with two attached hydrogens (primary N) is 1. The van der Waals surface area contributed by atoms with Crippen LogP contribution in [0.1, 0.15) is 128 Å². The standard InChI is InChI=1S/C57H64ClF4N7O7/c1-31-45-43(29-41(60)49(58)48(45)47-37(54(63)72)12-14-42(50(47)61)75-27-26-70)76-57(31,35-6-4-3-5-7-35)30-64-36-10-8-34(9-11-36)56(74)69-24-17-32(18-25-69)16-21-68-22-19-33(20-23-68)46-40(59)28-39-52(66-67(2)53(39)51(46)62)38-13-15-44(71)65-55(38)73/h3-7,12,14,28-29,31-34,36,38,64,70H,8-11,13,15-27,30H2,1-2H3,(H2,63,72)(H,65,71,73). The number of primary amides is 1. The third-order valence-electron chi connectivity index (χ3n) is 17.0. The van der Waals surface area contributed by atoms with Crippen LogP contribution in [0, 0.1) is 35.1 Å². The molecule has 4 amide bonds. The van der Waals surface area contributed by atoms with Crippen molar-refractivity contribution in [2.45, 2.75) is 107 Å². The van der Waals surface area contributed by atoms with E-state index in [2.05, 4.69) is 20.6 Å². The number of fused-ring (bicyclic) bond motifs is 2. The first-order valence-electron chi connectivity index (χ1n) is 26.6. The quantitative estimate of drug-likeness (QED) is 0.0587. The predicted octanol–water partition coefficient (Wildman–Crippen LogP) is 8.49. The van der Waals surface area contributed by atoms with Crippen molar-refractivity contribution in [1.82, 2.24) is 30.2 Å². The molecule has 0 bridgehead atoms. The number of hydrogen-bond acceptors (Lipinski definition) is 10. The number of likely N-dealkylation sites (tertiary alicyclic amines) is 2. The molecule has 4 aliphatic heterocycles. The summed E-state index contributed by atoms with van der Waals surface area (Å²) in [4.78, 5) is 55.5. The molecule has 0 radical (unpaired) electrons. The lowest BCUT2D eigenvalue weighted by Crippen LogP contribution is -2.49. The molecule has 14 nitrogen and oxygen atoms in total. The summed E-state index contributed by atoms with van der Waals surface area (Å²) in [5, 5.41) is 19.7. The van der Waals surface area contributed by atoms with E-state index in [1.54, 1.807) is 7.05 Å². The maximum atomic E-state index is 16.5. The van der Waals surface area contributed by atoms with E-state index in [1.807, 2.05) is 42.2 Å². The Kier molecular flexibility index (Phi) is 15.5. The van der Waals surface area contributed by atoms with Gasteiger partial charge in [-0.15, -0.1) is 0 Å². The van der Waals surface area contributed by atoms with Crippen molar-refractivity contribution in [3.8, 4) is 22.6 Å². The first-order valence-corrected chi connectivity index (χ1v) is 27.0. The van der Waals surface area contributed by atoms with Crippen LogP contribution in [0.4, 0.5) is 17.6 Å². The fraction of sp³-hybridized carbons (Fsp3) is 0.491. The number of carbonyl (C=O) groups excluding carboxylic acids is 4. The summed E-state index contributed by atoms with van der Waals surface area (Å²) in [5.74, 6) is -6.15. The van der Waals surface area contributed by atoms with E-state index in [-0.39, 0.29) is 106 Å². The van der Waals surface area contributed by atoms with Crippen molar-refractivity contribution in [3.05, 3.63) is 111 Å². The van der Waals surface area contributed by atoms with Gasteiger partial charge in [-0.2, -0.15) is 5.10 Å². The first-order chi connectivity index (χ1) is 36.6. The minimum absolute atomic E-state index is 0.0434. The minimum atomic E-state index is -1.12. The normalized spacial score (nSPS) is 23.7. The fourth-order valence-corrected chi connectivity index (χ4v) is 13.1. The van der Waals surface area contributed by atoms with E-state index >= 15 is 17.6 Å². The number of aliphatic hydroxyl groups excluding tert-OH is 1. The maximum absolute atomic E-state index is 16.5. The molecule has 19 heteroatoms. The summed E-state index contributed by atoms with van der Waals surface area (Å²) in [6.45, 7) is 5.27. The Morgan fingerprint density at radius 1 is 0.908 bits per heavy atom. The van der Waals surface area contributed by atoms with Crippen molar-refractivity contribution in [2.75, 3.05) is 52.5 Å². The molecule has 3 atom stereocenters. The number of hydrogen-bond donors (Lipinski definition) is 4. The summed E-state index contributed by atoms with van der Waals surface area (Å²) in [7, 11) is 1.59. The Morgan fingerprint density at radius 3 is 2.32 bits per heavy atom. The summed E-state index contributed by atoms with van der Waals surface area (Å²) in [6.07, 6.45) is 7.32. The summed E-state index contributed by atoms with van der Waals surface area (Å²) in [5.41, 5.74) is 5.71. The molecule has 1 aromatic heterocycles. The molecule has 76 heavy (non-hydrogen) atoms. The molecule has 0 spiro atoms. The summed E-state index contributed by atoms with van der Waals surface area (Å²) in [6, 6.07) is 14.5. The molecule has 404 valence electrons. The van der Waals surface area contributed by atoms with Crippen LogP contribution in [0.5, 0.6) is 11.5 Å². The highest BCUT2D eigenvalue weighted by Gasteiger charge is 2.50. The fourth-order valence-electron chi connectivity index (χ4n) is 12.8. The zero-order chi connectivity index (χ0) is 53.6. The van der Waals surface area contributed by atoms with Gasteiger partial charge in [-0.05, 0) is 119 Å². The highest BCUT2D eigenvalue weighted by atomic mass is 35.5. The van der Waals surface area contributed by atoms with Gasteiger partial charge in [0.25, 0.3) is 0 Å². The van der Waals surface area contributed by atoms with Crippen molar-refractivity contribution < 1.29 is 51.3 Å². The number of piperidine rings is 3. The second-order valence-electron chi connectivity index (χ2n) is 21.4. The van der Waals surface area contributed by atoms with Gasteiger partial charge in [0.1, 0.15) is 29.5 Å². The molecule has 5 heterocycles. The minimum Gasteiger partial charge on any atom is -0.488 e. The summed E-state index contributed by atoms with van der Waals surface area (Å²) >= 11 is 6.72. The number of nitrogens with zero attached hydrogens (tertiary/aromatic N) is 4. The van der Waals surface area contributed by atoms with Crippen LogP contribution < -0.4 is 25.8 Å². The Morgan fingerprint density at radius 2 is 1.63 bits per heavy atom. The molecule has 5 aliphatic rings. The van der Waals surface area contributed by atoms with E-state index in [0.29, 0.717) is 63.3 Å². The average Bonchev–Trinajstić information content (AvgIpc) is 3.95. The van der Waals surface area contributed by atoms with Crippen LogP contribution in [-0.4, -0.2) is 107 Å². The average molecular weight is 1070 g/mol. The van der Waals surface area contributed by atoms with Crippen LogP contribution in [0.25, 0.3) is 22.0 Å². The molecule has 4 aromatic carbocycles. The van der Waals surface area contributed by atoms with Gasteiger partial charge in [0.15, 0.2) is 23.0 Å². The van der Waals surface area contributed by atoms with E-state index in [0.717, 1.165) is 44.2 Å². The number of halogens is 5. The topological polar surface area (TPSA) is 181 Å². The van der Waals surface area contributed by atoms with Crippen molar-refractivity contribution in [1.29, 1.82) is 0 Å². The summed E-state index contributed by atoms with van der Waals surface area (Å²) < 4.78 is 78.0. The Labute approximate surface area is 443 Å². The third kappa shape index (κ3) is 10.1. The highest BCUT2D eigenvalue weighted by Crippen LogP contribution is 2.57. The van der Waals surface area contributed by atoms with Gasteiger partial charge in [0, 0.05) is 84.7 Å². The number of aryl methyl sites for hydroxylation is 1. The SMILES string of the molecule is CC1c2c(cc(F)c(Cl)c2-c2c(C(N)=O)ccc(OCCO)c2F)OC1(CNC1CCC(C(=O)N2CCC(CCN3CCC(c4c(F)cc5c(C6CCC(=O)NC6=O)nn(C)c5c4F)CC3)CC2)CC1)c1ccccc1. The number of aliphatic hydroxyl groups is 1. The number of rotatable bonds is 15. The van der Waals surface area contributed by atoms with E-state index in [1.165, 1.54) is 28.9 Å². The van der Waals surface area contributed by atoms with E-state index in [4.69, 9.17) is 26.8 Å². The van der Waals surface area contributed by atoms with Gasteiger partial charge in [0.2, 0.25) is 23.6 Å². The lowest BCUT2D eigenvalue weighted by atomic mass is 9.77. The Bertz CT molecular complexity index is 3050. The number of aromatic nitrogens is 2. The van der Waals surface area contributed by atoms with Crippen molar-refractivity contribution in [3.63, 3.8) is 0 Å². The molecule has 5 N–H and O–H groups in total. The Balaban J connectivity index is 0.722. The van der Waals surface area contributed by atoms with Crippen LogP contribution in [-0.2, 0) is 27.0 Å². The number of amides is 4. The lowest BCUT2D eigenvalue weighted by Gasteiger charge is -2.39. The molecule has 5 aromatic rings. The van der Waals surface area contributed by atoms with Crippen LogP contribution in [0.2, 0.25) is 5.02 Å². The van der Waals surface area contributed by atoms with Gasteiger partial charge in [-0.1, -0.05) is 48.9 Å². The molecule has 3 unspecified atom stereocenters. The predicted molar refractivity (Wildman–Crippen MR) is 277 cm³/mol. The second-order valence-corrected chi connectivity index (χ2v) is 21.8. The molecule has 3 saturated heterocycles. The number of carbonyl (C=O) groups is 4. The van der Waals surface area contributed by atoms with E-state index in [9.17, 15) is 24.3 Å². The second kappa shape index (κ2) is 22.1. The van der Waals surface area contributed by atoms with Crippen LogP contribution >= 0.6 is 11.6 Å². The number of benzene rings is 4. The van der Waals surface area contributed by atoms with Crippen molar-refractivity contribution >= 4 is 46.1 Å². The maximum Gasteiger partial charge on any atom is 0.249 e. The number of imide groups is 1. The van der Waals surface area contributed by atoms with Gasteiger partial charge in [-0.25, -0.2) is 17.6 Å². The third-order valence-corrected chi connectivity index (χ3v) is 17.4. The van der Waals surface area contributed by atoms with Gasteiger partial charge >= 0.3 is 0 Å². The molecule has 1 aliphatic carbocycles. The van der Waals surface area contributed by atoms with E-state index < -0.39 is 64.1 Å². The van der Waals surface area contributed by atoms with Gasteiger partial charge < -0.3 is 35.4 Å². The van der Waals surface area contributed by atoms with Gasteiger partial charge in [0.05, 0.1) is 28.8 Å². The monoisotopic (exact) mass is 1070 g/mol. The van der Waals surface area contributed by atoms with Crippen LogP contribution in [0.3, 0.4) is 0 Å². The molecule has 1 saturated carbocycles.